The van der Waals surface area contributed by atoms with Gasteiger partial charge >= 0.3 is 0 Å². The number of hydrogen-bond donors (Lipinski definition) is 0. The summed E-state index contributed by atoms with van der Waals surface area (Å²) in [6.07, 6.45) is 3.22. The Morgan fingerprint density at radius 1 is 0.955 bits per heavy atom. The predicted octanol–water partition coefficient (Wildman–Crippen LogP) is 3.79. The van der Waals surface area contributed by atoms with E-state index >= 15 is 0 Å². The van der Waals surface area contributed by atoms with Crippen molar-refractivity contribution in [3.8, 4) is 5.88 Å². The molecule has 22 heavy (non-hydrogen) atoms. The van der Waals surface area contributed by atoms with E-state index in [1.807, 2.05) is 24.3 Å². The first kappa shape index (κ1) is 14.6. The van der Waals surface area contributed by atoms with E-state index in [9.17, 15) is 0 Å². The summed E-state index contributed by atoms with van der Waals surface area (Å²) in [6, 6.07) is 16.3. The number of fused-ring (bicyclic) bond motifs is 1. The average molecular weight is 308 g/mol. The molecule has 0 fully saturated rings. The lowest BCUT2D eigenvalue weighted by molar-refractivity contribution is 0.313. The summed E-state index contributed by atoms with van der Waals surface area (Å²) in [5, 5.41) is 2.69. The number of hydrogen-bond acceptors (Lipinski definition) is 4. The highest BCUT2D eigenvalue weighted by atomic mass is 32.1. The second kappa shape index (κ2) is 7.09. The van der Waals surface area contributed by atoms with Gasteiger partial charge in [0.1, 0.15) is 6.33 Å². The minimum atomic E-state index is 0.591. The second-order valence-electron chi connectivity index (χ2n) is 4.98. The van der Waals surface area contributed by atoms with Crippen molar-refractivity contribution in [2.75, 3.05) is 6.61 Å². The van der Waals surface area contributed by atoms with Crippen LogP contribution in [0.4, 0.5) is 0 Å². The van der Waals surface area contributed by atoms with Gasteiger partial charge in [0.05, 0.1) is 17.5 Å². The monoisotopic (exact) mass is 308 g/mol. The van der Waals surface area contributed by atoms with Crippen LogP contribution in [0.1, 0.15) is 11.1 Å². The molecule has 0 amide bonds. The molecule has 0 saturated heterocycles. The average Bonchev–Trinajstić information content (AvgIpc) is 2.57. The van der Waals surface area contributed by atoms with E-state index in [1.165, 1.54) is 17.5 Å². The van der Waals surface area contributed by atoms with Crippen LogP contribution in [-0.2, 0) is 12.8 Å². The Hall–Kier alpha value is -2.33. The molecule has 0 N–H and O–H groups in total. The summed E-state index contributed by atoms with van der Waals surface area (Å²) < 4.78 is 5.83. The van der Waals surface area contributed by atoms with E-state index in [1.54, 1.807) is 5.37 Å². The van der Waals surface area contributed by atoms with Crippen molar-refractivity contribution in [3.05, 3.63) is 66.0 Å². The Morgan fingerprint density at radius 2 is 1.73 bits per heavy atom. The molecule has 3 rings (SSSR count). The van der Waals surface area contributed by atoms with Gasteiger partial charge in [0.25, 0.3) is 0 Å². The van der Waals surface area contributed by atoms with Gasteiger partial charge in [-0.05, 0) is 28.6 Å². The molecule has 0 aliphatic rings. The molecule has 0 radical (unpaired) electrons. The first-order valence-corrected chi connectivity index (χ1v) is 7.68. The van der Waals surface area contributed by atoms with Crippen molar-refractivity contribution >= 4 is 28.5 Å². The van der Waals surface area contributed by atoms with Crippen LogP contribution in [-0.4, -0.2) is 21.9 Å². The highest BCUT2D eigenvalue weighted by Gasteiger charge is 2.04. The molecule has 110 valence electrons. The number of ether oxygens (including phenoxy) is 1. The molecule has 0 saturated carbocycles. The summed E-state index contributed by atoms with van der Waals surface area (Å²) in [7, 11) is 0. The topological polar surface area (TPSA) is 35.0 Å². The Bertz CT molecular complexity index is 766. The van der Waals surface area contributed by atoms with Gasteiger partial charge in [-0.3, -0.25) is 0 Å². The molecule has 0 atom stereocenters. The third kappa shape index (κ3) is 3.46. The maximum Gasteiger partial charge on any atom is 0.224 e. The van der Waals surface area contributed by atoms with Gasteiger partial charge in [-0.2, -0.15) is 0 Å². The van der Waals surface area contributed by atoms with Crippen LogP contribution in [0, 0.1) is 0 Å². The first-order chi connectivity index (χ1) is 10.9. The van der Waals surface area contributed by atoms with E-state index in [0.29, 0.717) is 12.5 Å². The SMILES string of the molecule is S=CCc1ccc(CCOc2ncnc3ccccc23)cc1. The van der Waals surface area contributed by atoms with Crippen molar-refractivity contribution in [3.63, 3.8) is 0 Å². The molecule has 0 spiro atoms. The minimum absolute atomic E-state index is 0.591. The van der Waals surface area contributed by atoms with Crippen molar-refractivity contribution in [1.29, 1.82) is 0 Å². The lowest BCUT2D eigenvalue weighted by Gasteiger charge is -2.08. The van der Waals surface area contributed by atoms with Gasteiger partial charge in [0.2, 0.25) is 5.88 Å². The van der Waals surface area contributed by atoms with E-state index in [2.05, 4.69) is 34.2 Å². The normalized spacial score (nSPS) is 10.5. The molecule has 1 heterocycles. The summed E-state index contributed by atoms with van der Waals surface area (Å²) >= 11 is 4.87. The zero-order chi connectivity index (χ0) is 15.2. The fourth-order valence-corrected chi connectivity index (χ4v) is 2.49. The molecule has 0 unspecified atom stereocenters. The van der Waals surface area contributed by atoms with Gasteiger partial charge in [0.15, 0.2) is 0 Å². The van der Waals surface area contributed by atoms with Crippen LogP contribution >= 0.6 is 12.2 Å². The highest BCUT2D eigenvalue weighted by Crippen LogP contribution is 2.20. The van der Waals surface area contributed by atoms with Crippen molar-refractivity contribution < 1.29 is 4.74 Å². The van der Waals surface area contributed by atoms with Gasteiger partial charge in [0, 0.05) is 12.8 Å². The molecule has 4 heteroatoms. The predicted molar refractivity (Wildman–Crippen MR) is 92.5 cm³/mol. The number of thiocarbonyl (C=S) groups is 1. The first-order valence-electron chi connectivity index (χ1n) is 7.21. The van der Waals surface area contributed by atoms with Gasteiger partial charge in [-0.1, -0.05) is 48.6 Å². The zero-order valence-corrected chi connectivity index (χ0v) is 12.9. The van der Waals surface area contributed by atoms with Crippen LogP contribution in [0.3, 0.4) is 0 Å². The summed E-state index contributed by atoms with van der Waals surface area (Å²) in [4.78, 5) is 8.46. The Balaban J connectivity index is 1.63. The number of benzene rings is 2. The Morgan fingerprint density at radius 3 is 2.55 bits per heavy atom. The number of para-hydroxylation sites is 1. The van der Waals surface area contributed by atoms with Crippen LogP contribution in [0.5, 0.6) is 5.88 Å². The quantitative estimate of drug-likeness (QED) is 0.649. The summed E-state index contributed by atoms with van der Waals surface area (Å²) in [5.74, 6) is 0.642. The zero-order valence-electron chi connectivity index (χ0n) is 12.1. The number of rotatable bonds is 6. The molecule has 0 aliphatic heterocycles. The van der Waals surface area contributed by atoms with Crippen LogP contribution in [0.2, 0.25) is 0 Å². The molecule has 0 bridgehead atoms. The molecule has 0 aliphatic carbocycles. The molecular formula is C18H16N2OS. The lowest BCUT2D eigenvalue weighted by Crippen LogP contribution is -2.03. The maximum absolute atomic E-state index is 5.83. The van der Waals surface area contributed by atoms with E-state index in [0.717, 1.165) is 23.7 Å². The molecular weight excluding hydrogens is 292 g/mol. The van der Waals surface area contributed by atoms with Gasteiger partial charge in [-0.25, -0.2) is 9.97 Å². The van der Waals surface area contributed by atoms with Crippen molar-refractivity contribution in [1.82, 2.24) is 9.97 Å². The summed E-state index contributed by atoms with van der Waals surface area (Å²) in [6.45, 7) is 0.591. The maximum atomic E-state index is 5.83. The molecule has 1 aromatic heterocycles. The van der Waals surface area contributed by atoms with Gasteiger partial charge in [-0.15, -0.1) is 0 Å². The molecule has 3 nitrogen and oxygen atoms in total. The fourth-order valence-electron chi connectivity index (χ4n) is 2.30. The largest absolute Gasteiger partial charge is 0.477 e. The van der Waals surface area contributed by atoms with E-state index in [4.69, 9.17) is 17.0 Å². The van der Waals surface area contributed by atoms with Crippen LogP contribution in [0.25, 0.3) is 10.9 Å². The van der Waals surface area contributed by atoms with Crippen LogP contribution < -0.4 is 4.74 Å². The standard InChI is InChI=1S/C18H16N2OS/c22-12-10-15-7-5-14(6-8-15)9-11-21-18-16-3-1-2-4-17(16)19-13-20-18/h1-8,12-13H,9-11H2. The third-order valence-electron chi connectivity index (χ3n) is 3.48. The highest BCUT2D eigenvalue weighted by molar-refractivity contribution is 7.78. The minimum Gasteiger partial charge on any atom is -0.477 e. The smallest absolute Gasteiger partial charge is 0.224 e. The number of aromatic nitrogens is 2. The van der Waals surface area contributed by atoms with E-state index in [-0.39, 0.29) is 0 Å². The third-order valence-corrected chi connectivity index (χ3v) is 3.64. The lowest BCUT2D eigenvalue weighted by atomic mass is 10.1. The van der Waals surface area contributed by atoms with Crippen molar-refractivity contribution in [2.24, 2.45) is 0 Å². The summed E-state index contributed by atoms with van der Waals surface area (Å²) in [5.41, 5.74) is 3.38. The second-order valence-corrected chi connectivity index (χ2v) is 5.32. The Labute approximate surface area is 135 Å². The van der Waals surface area contributed by atoms with Crippen molar-refractivity contribution in [2.45, 2.75) is 12.8 Å². The molecule has 3 aromatic rings. The number of nitrogens with zero attached hydrogens (tertiary/aromatic N) is 2. The van der Waals surface area contributed by atoms with Crippen LogP contribution in [0.15, 0.2) is 54.9 Å². The Kier molecular flexibility index (Phi) is 4.71. The van der Waals surface area contributed by atoms with E-state index < -0.39 is 0 Å². The fraction of sp³-hybridized carbons (Fsp3) is 0.167. The van der Waals surface area contributed by atoms with Gasteiger partial charge < -0.3 is 4.74 Å². The molecule has 2 aromatic carbocycles.